The van der Waals surface area contributed by atoms with Gasteiger partial charge in [0.05, 0.1) is 11.1 Å². The summed E-state index contributed by atoms with van der Waals surface area (Å²) in [5.41, 5.74) is 0. The fourth-order valence-electron chi connectivity index (χ4n) is 1.75. The number of hydrogen-bond donors (Lipinski definition) is 1. The minimum absolute atomic E-state index is 0.0516. The van der Waals surface area contributed by atoms with Crippen LogP contribution < -0.4 is 10.1 Å². The molecule has 0 bridgehead atoms. The van der Waals surface area contributed by atoms with Gasteiger partial charge in [-0.3, -0.25) is 4.79 Å². The lowest BCUT2D eigenvalue weighted by Crippen LogP contribution is -2.37. The Morgan fingerprint density at radius 2 is 2.05 bits per heavy atom. The Hall–Kier alpha value is -1.23. The minimum Gasteiger partial charge on any atom is -0.479 e. The molecule has 0 fully saturated rings. The summed E-state index contributed by atoms with van der Waals surface area (Å²) in [5, 5.41) is 5.79. The Morgan fingerprint density at radius 1 is 1.29 bits per heavy atom. The molecule has 6 heteroatoms. The van der Waals surface area contributed by atoms with Crippen LogP contribution in [0.2, 0.25) is 10.0 Å². The lowest BCUT2D eigenvalue weighted by molar-refractivity contribution is -0.127. The van der Waals surface area contributed by atoms with Crippen LogP contribution in [0.3, 0.4) is 0 Å². The van der Waals surface area contributed by atoms with Crippen LogP contribution in [0.5, 0.6) is 5.75 Å². The number of rotatable bonds is 5. The molecular weight excluding hydrogens is 329 g/mol. The van der Waals surface area contributed by atoms with Gasteiger partial charge in [-0.25, -0.2) is 0 Å². The molecule has 3 nitrogen and oxygen atoms in total. The van der Waals surface area contributed by atoms with E-state index in [1.54, 1.807) is 36.5 Å². The monoisotopic (exact) mass is 343 g/mol. The van der Waals surface area contributed by atoms with Crippen LogP contribution in [-0.2, 0) is 4.79 Å². The Kier molecular flexibility index (Phi) is 5.51. The van der Waals surface area contributed by atoms with Crippen molar-refractivity contribution >= 4 is 40.4 Å². The highest BCUT2D eigenvalue weighted by atomic mass is 35.5. The maximum atomic E-state index is 12.1. The summed E-state index contributed by atoms with van der Waals surface area (Å²) in [5.74, 6) is 0.245. The van der Waals surface area contributed by atoms with Crippen molar-refractivity contribution < 1.29 is 9.53 Å². The van der Waals surface area contributed by atoms with Gasteiger partial charge in [0.25, 0.3) is 5.91 Å². The third-order valence-corrected chi connectivity index (χ3v) is 4.48. The highest BCUT2D eigenvalue weighted by molar-refractivity contribution is 7.10. The van der Waals surface area contributed by atoms with E-state index in [-0.39, 0.29) is 11.9 Å². The summed E-state index contributed by atoms with van der Waals surface area (Å²) in [6.45, 7) is 3.62. The predicted molar refractivity (Wildman–Crippen MR) is 87.4 cm³/mol. The topological polar surface area (TPSA) is 38.3 Å². The molecule has 112 valence electrons. The van der Waals surface area contributed by atoms with Crippen LogP contribution in [0, 0.1) is 0 Å². The number of ether oxygens (including phenoxy) is 1. The molecule has 0 aliphatic carbocycles. The van der Waals surface area contributed by atoms with Crippen molar-refractivity contribution in [2.45, 2.75) is 26.0 Å². The standard InChI is InChI=1S/C15H15Cl2NO2S/c1-9(14-4-3-7-21-14)18-15(19)10(2)20-13-6-5-11(16)8-12(13)17/h3-10H,1-2H3,(H,18,19)/t9-,10-/m1/s1. The summed E-state index contributed by atoms with van der Waals surface area (Å²) in [6.07, 6.45) is -0.647. The van der Waals surface area contributed by atoms with Crippen molar-refractivity contribution in [3.63, 3.8) is 0 Å². The molecule has 0 unspecified atom stereocenters. The number of halogens is 2. The van der Waals surface area contributed by atoms with E-state index in [1.807, 2.05) is 24.4 Å². The number of benzene rings is 1. The van der Waals surface area contributed by atoms with E-state index in [2.05, 4.69) is 5.32 Å². The van der Waals surface area contributed by atoms with E-state index in [0.29, 0.717) is 15.8 Å². The fraction of sp³-hybridized carbons (Fsp3) is 0.267. The predicted octanol–water partition coefficient (Wildman–Crippen LogP) is 4.70. The Bertz CT molecular complexity index is 616. The Morgan fingerprint density at radius 3 is 2.67 bits per heavy atom. The van der Waals surface area contributed by atoms with Crippen LogP contribution >= 0.6 is 34.5 Å². The summed E-state index contributed by atoms with van der Waals surface area (Å²) in [4.78, 5) is 13.2. The largest absolute Gasteiger partial charge is 0.479 e. The van der Waals surface area contributed by atoms with E-state index in [4.69, 9.17) is 27.9 Å². The summed E-state index contributed by atoms with van der Waals surface area (Å²) >= 11 is 13.5. The maximum Gasteiger partial charge on any atom is 0.261 e. The highest BCUT2D eigenvalue weighted by Crippen LogP contribution is 2.28. The van der Waals surface area contributed by atoms with Gasteiger partial charge in [-0.2, -0.15) is 0 Å². The fourth-order valence-corrected chi connectivity index (χ4v) is 2.94. The van der Waals surface area contributed by atoms with Gasteiger partial charge in [0.1, 0.15) is 5.75 Å². The first-order chi connectivity index (χ1) is 9.97. The van der Waals surface area contributed by atoms with Crippen molar-refractivity contribution in [3.05, 3.63) is 50.6 Å². The van der Waals surface area contributed by atoms with Gasteiger partial charge >= 0.3 is 0 Å². The molecule has 0 aliphatic heterocycles. The lowest BCUT2D eigenvalue weighted by Gasteiger charge is -2.18. The number of carbonyl (C=O) groups excluding carboxylic acids is 1. The second kappa shape index (κ2) is 7.16. The number of hydrogen-bond acceptors (Lipinski definition) is 3. The van der Waals surface area contributed by atoms with Crippen molar-refractivity contribution in [2.24, 2.45) is 0 Å². The van der Waals surface area contributed by atoms with Gasteiger partial charge in [-0.05, 0) is 43.5 Å². The third kappa shape index (κ3) is 4.37. The van der Waals surface area contributed by atoms with Crippen LogP contribution in [0.15, 0.2) is 35.7 Å². The van der Waals surface area contributed by atoms with Crippen molar-refractivity contribution in [1.29, 1.82) is 0 Å². The molecule has 1 aromatic heterocycles. The molecule has 0 saturated heterocycles. The smallest absolute Gasteiger partial charge is 0.261 e. The van der Waals surface area contributed by atoms with Gasteiger partial charge in [0, 0.05) is 9.90 Å². The van der Waals surface area contributed by atoms with E-state index < -0.39 is 6.10 Å². The average Bonchev–Trinajstić information content (AvgIpc) is 2.95. The maximum absolute atomic E-state index is 12.1. The Labute approximate surface area is 137 Å². The molecule has 2 rings (SSSR count). The Balaban J connectivity index is 1.96. The molecule has 1 N–H and O–H groups in total. The molecule has 0 saturated carbocycles. The molecule has 2 aromatic rings. The van der Waals surface area contributed by atoms with Gasteiger partial charge in [0.2, 0.25) is 0 Å². The molecule has 1 amide bonds. The van der Waals surface area contributed by atoms with Crippen LogP contribution in [0.1, 0.15) is 24.8 Å². The molecule has 1 aromatic carbocycles. The van der Waals surface area contributed by atoms with Gasteiger partial charge in [0.15, 0.2) is 6.10 Å². The van der Waals surface area contributed by atoms with Crippen LogP contribution in [0.25, 0.3) is 0 Å². The minimum atomic E-state index is -0.647. The van der Waals surface area contributed by atoms with E-state index in [0.717, 1.165) is 4.88 Å². The molecule has 2 atom stereocenters. The average molecular weight is 344 g/mol. The molecule has 1 heterocycles. The van der Waals surface area contributed by atoms with Crippen molar-refractivity contribution in [3.8, 4) is 5.75 Å². The molecular formula is C15H15Cl2NO2S. The number of amides is 1. The molecule has 0 aliphatic rings. The normalized spacial score (nSPS) is 13.5. The molecule has 0 spiro atoms. The quantitative estimate of drug-likeness (QED) is 0.854. The van der Waals surface area contributed by atoms with Crippen LogP contribution in [0.4, 0.5) is 0 Å². The summed E-state index contributed by atoms with van der Waals surface area (Å²) in [6, 6.07) is 8.79. The van der Waals surface area contributed by atoms with Gasteiger partial charge in [-0.1, -0.05) is 29.3 Å². The third-order valence-electron chi connectivity index (χ3n) is 2.90. The zero-order valence-corrected chi connectivity index (χ0v) is 13.9. The zero-order chi connectivity index (χ0) is 15.4. The number of nitrogens with one attached hydrogen (secondary N) is 1. The summed E-state index contributed by atoms with van der Waals surface area (Å²) in [7, 11) is 0. The van der Waals surface area contributed by atoms with Crippen LogP contribution in [-0.4, -0.2) is 12.0 Å². The first kappa shape index (κ1) is 16.1. The molecule has 0 radical (unpaired) electrons. The van der Waals surface area contributed by atoms with Gasteiger partial charge < -0.3 is 10.1 Å². The molecule has 21 heavy (non-hydrogen) atoms. The number of thiophene rings is 1. The van der Waals surface area contributed by atoms with Crippen molar-refractivity contribution in [1.82, 2.24) is 5.32 Å². The highest BCUT2D eigenvalue weighted by Gasteiger charge is 2.19. The first-order valence-electron chi connectivity index (χ1n) is 6.43. The van der Waals surface area contributed by atoms with E-state index in [9.17, 15) is 4.79 Å². The lowest BCUT2D eigenvalue weighted by atomic mass is 10.2. The summed E-state index contributed by atoms with van der Waals surface area (Å²) < 4.78 is 5.58. The first-order valence-corrected chi connectivity index (χ1v) is 8.06. The van der Waals surface area contributed by atoms with E-state index in [1.165, 1.54) is 0 Å². The van der Waals surface area contributed by atoms with Crippen molar-refractivity contribution in [2.75, 3.05) is 0 Å². The second-order valence-electron chi connectivity index (χ2n) is 4.58. The van der Waals surface area contributed by atoms with E-state index >= 15 is 0 Å². The number of carbonyl (C=O) groups is 1. The SMILES string of the molecule is C[C@@H](Oc1ccc(Cl)cc1Cl)C(=O)N[C@H](C)c1cccs1. The zero-order valence-electron chi connectivity index (χ0n) is 11.6. The second-order valence-corrected chi connectivity index (χ2v) is 6.40. The van der Waals surface area contributed by atoms with Gasteiger partial charge in [-0.15, -0.1) is 11.3 Å².